The van der Waals surface area contributed by atoms with E-state index < -0.39 is 0 Å². The molecule has 0 amide bonds. The van der Waals surface area contributed by atoms with Gasteiger partial charge in [-0.05, 0) is 19.4 Å². The summed E-state index contributed by atoms with van der Waals surface area (Å²) in [5, 5.41) is 9.06. The second-order valence-electron chi connectivity index (χ2n) is 4.96. The third-order valence-corrected chi connectivity index (χ3v) is 4.15. The molecule has 0 aliphatic heterocycles. The van der Waals surface area contributed by atoms with Gasteiger partial charge in [0, 0.05) is 6.54 Å². The predicted molar refractivity (Wildman–Crippen MR) is 89.2 cm³/mol. The first-order valence-electron chi connectivity index (χ1n) is 7.54. The van der Waals surface area contributed by atoms with Gasteiger partial charge in [-0.2, -0.15) is 0 Å². The number of rotatable bonds is 9. The van der Waals surface area contributed by atoms with Gasteiger partial charge in [0.1, 0.15) is 5.76 Å². The molecule has 0 fully saturated rings. The van der Waals surface area contributed by atoms with Crippen LogP contribution in [0, 0.1) is 6.92 Å². The molecule has 6 nitrogen and oxygen atoms in total. The Balaban J connectivity index is 2.07. The number of unbranched alkanes of at least 4 members (excludes halogenated alkanes) is 1. The van der Waals surface area contributed by atoms with Gasteiger partial charge >= 0.3 is 5.97 Å². The number of allylic oxidation sites excluding steroid dienone is 1. The molecular weight excluding hydrogens is 314 g/mol. The van der Waals surface area contributed by atoms with Crippen molar-refractivity contribution in [3.63, 3.8) is 0 Å². The van der Waals surface area contributed by atoms with E-state index >= 15 is 0 Å². The Kier molecular flexibility index (Phi) is 6.46. The lowest BCUT2D eigenvalue weighted by Crippen LogP contribution is -2.09. The predicted octanol–water partition coefficient (Wildman–Crippen LogP) is 3.47. The molecule has 2 aromatic heterocycles. The summed E-state index contributed by atoms with van der Waals surface area (Å²) in [4.78, 5) is 11.7. The minimum Gasteiger partial charge on any atom is -0.469 e. The zero-order chi connectivity index (χ0) is 16.7. The van der Waals surface area contributed by atoms with Gasteiger partial charge < -0.3 is 9.15 Å². The fourth-order valence-corrected chi connectivity index (χ4v) is 2.75. The van der Waals surface area contributed by atoms with Crippen molar-refractivity contribution in [2.24, 2.45) is 0 Å². The Bertz CT molecular complexity index is 663. The number of aryl methyl sites for hydroxylation is 1. The molecule has 2 heterocycles. The van der Waals surface area contributed by atoms with Gasteiger partial charge in [-0.1, -0.05) is 31.2 Å². The number of carbonyl (C=O) groups is 1. The van der Waals surface area contributed by atoms with E-state index in [2.05, 4.69) is 23.7 Å². The summed E-state index contributed by atoms with van der Waals surface area (Å²) in [6, 6.07) is 1.85. The lowest BCUT2D eigenvalue weighted by molar-refractivity contribution is -0.140. The van der Waals surface area contributed by atoms with Crippen molar-refractivity contribution in [3.8, 4) is 11.4 Å². The summed E-state index contributed by atoms with van der Waals surface area (Å²) in [7, 11) is 0. The van der Waals surface area contributed by atoms with E-state index in [1.165, 1.54) is 11.8 Å². The van der Waals surface area contributed by atoms with Crippen LogP contribution in [-0.2, 0) is 16.1 Å². The molecule has 0 aliphatic rings. The van der Waals surface area contributed by atoms with Crippen molar-refractivity contribution in [2.45, 2.75) is 38.4 Å². The highest BCUT2D eigenvalue weighted by Crippen LogP contribution is 2.27. The zero-order valence-corrected chi connectivity index (χ0v) is 14.3. The molecule has 0 unspecified atom stereocenters. The van der Waals surface area contributed by atoms with Crippen LogP contribution in [0.5, 0.6) is 0 Å². The van der Waals surface area contributed by atoms with Crippen molar-refractivity contribution >= 4 is 17.7 Å². The lowest BCUT2D eigenvalue weighted by Gasteiger charge is -2.07. The van der Waals surface area contributed by atoms with E-state index in [1.54, 1.807) is 12.3 Å². The quantitative estimate of drug-likeness (QED) is 0.302. The molecular formula is C16H21N3O3S. The molecule has 0 saturated carbocycles. The third kappa shape index (κ3) is 4.48. The molecule has 2 rings (SSSR count). The highest BCUT2D eigenvalue weighted by atomic mass is 32.2. The topological polar surface area (TPSA) is 70.2 Å². The Morgan fingerprint density at radius 1 is 1.52 bits per heavy atom. The maximum atomic E-state index is 11.7. The minimum atomic E-state index is -0.238. The molecule has 0 spiro atoms. The van der Waals surface area contributed by atoms with Gasteiger partial charge in [0.05, 0.1) is 24.2 Å². The first kappa shape index (κ1) is 17.3. The average Bonchev–Trinajstić information content (AvgIpc) is 3.12. The molecule has 0 aromatic carbocycles. The van der Waals surface area contributed by atoms with Crippen molar-refractivity contribution in [3.05, 3.63) is 30.7 Å². The first-order chi connectivity index (χ1) is 11.2. The molecule has 0 radical (unpaired) electrons. The highest BCUT2D eigenvalue weighted by Gasteiger charge is 2.17. The number of thioether (sulfide) groups is 1. The highest BCUT2D eigenvalue weighted by molar-refractivity contribution is 7.99. The van der Waals surface area contributed by atoms with Crippen molar-refractivity contribution in [1.82, 2.24) is 14.8 Å². The molecule has 124 valence electrons. The summed E-state index contributed by atoms with van der Waals surface area (Å²) in [5.41, 5.74) is 0.886. The average molecular weight is 335 g/mol. The number of aromatic nitrogens is 3. The SMILES string of the molecule is C=CCn1c(SCC(=O)OCCCC)nnc1-c1ccoc1C. The largest absolute Gasteiger partial charge is 0.469 e. The molecule has 23 heavy (non-hydrogen) atoms. The Hall–Kier alpha value is -2.02. The Labute approximate surface area is 139 Å². The van der Waals surface area contributed by atoms with Crippen LogP contribution in [-0.4, -0.2) is 33.1 Å². The smallest absolute Gasteiger partial charge is 0.316 e. The molecule has 0 saturated heterocycles. The minimum absolute atomic E-state index is 0.212. The van der Waals surface area contributed by atoms with Gasteiger partial charge in [0.2, 0.25) is 0 Å². The van der Waals surface area contributed by atoms with E-state index in [9.17, 15) is 4.79 Å². The van der Waals surface area contributed by atoms with Gasteiger partial charge in [-0.25, -0.2) is 0 Å². The summed E-state index contributed by atoms with van der Waals surface area (Å²) in [6.07, 6.45) is 5.27. The Morgan fingerprint density at radius 2 is 2.35 bits per heavy atom. The van der Waals surface area contributed by atoms with E-state index in [-0.39, 0.29) is 11.7 Å². The van der Waals surface area contributed by atoms with Crippen molar-refractivity contribution in [1.29, 1.82) is 0 Å². The number of carbonyl (C=O) groups excluding carboxylic acids is 1. The van der Waals surface area contributed by atoms with E-state index in [0.717, 1.165) is 24.2 Å². The number of nitrogens with zero attached hydrogens (tertiary/aromatic N) is 3. The molecule has 2 aromatic rings. The van der Waals surface area contributed by atoms with Crippen LogP contribution in [0.25, 0.3) is 11.4 Å². The molecule has 7 heteroatoms. The van der Waals surface area contributed by atoms with Gasteiger partial charge in [0.25, 0.3) is 0 Å². The van der Waals surface area contributed by atoms with Crippen LogP contribution in [0.1, 0.15) is 25.5 Å². The summed E-state index contributed by atoms with van der Waals surface area (Å²) in [6.45, 7) is 8.72. The second-order valence-corrected chi connectivity index (χ2v) is 5.90. The Morgan fingerprint density at radius 3 is 3.00 bits per heavy atom. The third-order valence-electron chi connectivity index (χ3n) is 3.21. The number of furan rings is 1. The number of esters is 1. The number of hydrogen-bond acceptors (Lipinski definition) is 6. The van der Waals surface area contributed by atoms with Crippen LogP contribution in [0.15, 0.2) is 34.6 Å². The van der Waals surface area contributed by atoms with Gasteiger partial charge in [-0.15, -0.1) is 16.8 Å². The monoisotopic (exact) mass is 335 g/mol. The van der Waals surface area contributed by atoms with E-state index in [1.807, 2.05) is 17.6 Å². The van der Waals surface area contributed by atoms with Crippen molar-refractivity contribution < 1.29 is 13.9 Å². The van der Waals surface area contributed by atoms with Gasteiger partial charge in [0.15, 0.2) is 11.0 Å². The maximum Gasteiger partial charge on any atom is 0.316 e. The molecule has 0 atom stereocenters. The van der Waals surface area contributed by atoms with E-state index in [4.69, 9.17) is 9.15 Å². The van der Waals surface area contributed by atoms with E-state index in [0.29, 0.717) is 24.1 Å². The fourth-order valence-electron chi connectivity index (χ4n) is 2.00. The number of hydrogen-bond donors (Lipinski definition) is 0. The molecule has 0 aliphatic carbocycles. The number of ether oxygens (including phenoxy) is 1. The first-order valence-corrected chi connectivity index (χ1v) is 8.52. The van der Waals surface area contributed by atoms with Crippen LogP contribution in [0.4, 0.5) is 0 Å². The normalized spacial score (nSPS) is 10.7. The van der Waals surface area contributed by atoms with Crippen molar-refractivity contribution in [2.75, 3.05) is 12.4 Å². The van der Waals surface area contributed by atoms with Crippen LogP contribution in [0.2, 0.25) is 0 Å². The lowest BCUT2D eigenvalue weighted by atomic mass is 10.2. The van der Waals surface area contributed by atoms with Gasteiger partial charge in [-0.3, -0.25) is 9.36 Å². The maximum absolute atomic E-state index is 11.7. The van der Waals surface area contributed by atoms with Crippen LogP contribution in [0.3, 0.4) is 0 Å². The fraction of sp³-hybridized carbons (Fsp3) is 0.438. The standard InChI is InChI=1S/C16H21N3O3S/c1-4-6-9-22-14(20)11-23-16-18-17-15(19(16)8-5-2)13-7-10-21-12(13)3/h5,7,10H,2,4,6,8-9,11H2,1,3H3. The molecule has 0 bridgehead atoms. The summed E-state index contributed by atoms with van der Waals surface area (Å²) in [5.74, 6) is 1.46. The second kappa shape index (κ2) is 8.57. The summed E-state index contributed by atoms with van der Waals surface area (Å²) < 4.78 is 12.4. The summed E-state index contributed by atoms with van der Waals surface area (Å²) >= 11 is 1.31. The zero-order valence-electron chi connectivity index (χ0n) is 13.4. The molecule has 0 N–H and O–H groups in total. The van der Waals surface area contributed by atoms with Crippen LogP contribution >= 0.6 is 11.8 Å². The van der Waals surface area contributed by atoms with Crippen LogP contribution < -0.4 is 0 Å².